The third kappa shape index (κ3) is 3.12. The Bertz CT molecular complexity index is 693. The smallest absolute Gasteiger partial charge is 0.262 e. The van der Waals surface area contributed by atoms with Crippen LogP contribution in [-0.4, -0.2) is 22.5 Å². The monoisotopic (exact) mass is 311 g/mol. The Morgan fingerprint density at radius 3 is 2.60 bits per heavy atom. The average Bonchev–Trinajstić information content (AvgIpc) is 2.88. The van der Waals surface area contributed by atoms with E-state index in [-0.39, 0.29) is 4.90 Å². The van der Waals surface area contributed by atoms with Crippen molar-refractivity contribution in [2.45, 2.75) is 11.4 Å². The maximum atomic E-state index is 12.3. The zero-order chi connectivity index (χ0) is 14.8. The van der Waals surface area contributed by atoms with Crippen molar-refractivity contribution >= 4 is 32.7 Å². The summed E-state index contributed by atoms with van der Waals surface area (Å²) in [5.74, 6) is 0. The number of nitrogens with two attached hydrogens (primary N) is 1. The fourth-order valence-corrected chi connectivity index (χ4v) is 3.99. The number of nitrogens with zero attached hydrogens (tertiary/aromatic N) is 1. The highest BCUT2D eigenvalue weighted by atomic mass is 32.2. The summed E-state index contributed by atoms with van der Waals surface area (Å²) in [4.78, 5) is 2.94. The number of hydrogen-bond acceptors (Lipinski definition) is 5. The average molecular weight is 311 g/mol. The van der Waals surface area contributed by atoms with E-state index in [1.807, 2.05) is 31.1 Å². The molecule has 3 N–H and O–H groups in total. The molecule has 5 nitrogen and oxygen atoms in total. The van der Waals surface area contributed by atoms with Crippen LogP contribution in [-0.2, 0) is 16.6 Å². The van der Waals surface area contributed by atoms with Crippen LogP contribution in [0.2, 0.25) is 0 Å². The Balaban J connectivity index is 2.33. The molecule has 0 amide bonds. The van der Waals surface area contributed by atoms with Gasteiger partial charge in [0.2, 0.25) is 0 Å². The van der Waals surface area contributed by atoms with Crippen LogP contribution in [0.15, 0.2) is 40.6 Å². The Labute approximate surface area is 123 Å². The molecule has 0 fully saturated rings. The van der Waals surface area contributed by atoms with Crippen molar-refractivity contribution < 1.29 is 8.42 Å². The van der Waals surface area contributed by atoms with E-state index in [9.17, 15) is 8.42 Å². The van der Waals surface area contributed by atoms with Crippen LogP contribution in [0.5, 0.6) is 0 Å². The molecule has 0 atom stereocenters. The molecule has 20 heavy (non-hydrogen) atoms. The molecule has 108 valence electrons. The van der Waals surface area contributed by atoms with E-state index >= 15 is 0 Å². The second kappa shape index (κ2) is 5.82. The third-order valence-electron chi connectivity index (χ3n) is 2.77. The molecule has 7 heteroatoms. The maximum Gasteiger partial charge on any atom is 0.262 e. The summed E-state index contributed by atoms with van der Waals surface area (Å²) in [6.45, 7) is 0.342. The van der Waals surface area contributed by atoms with Crippen LogP contribution in [0.1, 0.15) is 4.88 Å². The number of thiophene rings is 1. The van der Waals surface area contributed by atoms with Crippen molar-refractivity contribution in [3.63, 3.8) is 0 Å². The standard InChI is InChI=1S/C13H17N3O2S2/c1-16(2)13-6-4-3-5-12(13)15-20(17,18)11-7-10(8-14)19-9-11/h3-7,9,15H,8,14H2,1-2H3. The van der Waals surface area contributed by atoms with Gasteiger partial charge in [-0.25, -0.2) is 8.42 Å². The van der Waals surface area contributed by atoms with E-state index in [1.165, 1.54) is 11.3 Å². The third-order valence-corrected chi connectivity index (χ3v) is 5.22. The number of hydrogen-bond donors (Lipinski definition) is 2. The van der Waals surface area contributed by atoms with E-state index in [1.54, 1.807) is 23.6 Å². The van der Waals surface area contributed by atoms with Gasteiger partial charge in [0.05, 0.1) is 16.3 Å². The summed E-state index contributed by atoms with van der Waals surface area (Å²) in [7, 11) is 0.150. The summed E-state index contributed by atoms with van der Waals surface area (Å²) >= 11 is 1.34. The highest BCUT2D eigenvalue weighted by Crippen LogP contribution is 2.27. The predicted molar refractivity (Wildman–Crippen MR) is 83.8 cm³/mol. The summed E-state index contributed by atoms with van der Waals surface area (Å²) in [5, 5.41) is 1.60. The van der Waals surface area contributed by atoms with Gasteiger partial charge in [-0.3, -0.25) is 4.72 Å². The largest absolute Gasteiger partial charge is 0.376 e. The van der Waals surface area contributed by atoms with Crippen LogP contribution >= 0.6 is 11.3 Å². The second-order valence-electron chi connectivity index (χ2n) is 4.47. The lowest BCUT2D eigenvalue weighted by Crippen LogP contribution is -2.16. The van der Waals surface area contributed by atoms with Crippen LogP contribution in [0, 0.1) is 0 Å². The van der Waals surface area contributed by atoms with Crippen LogP contribution < -0.4 is 15.4 Å². The first-order valence-corrected chi connectivity index (χ1v) is 8.37. The Hall–Kier alpha value is -1.57. The summed E-state index contributed by atoms with van der Waals surface area (Å²) < 4.78 is 27.3. The van der Waals surface area contributed by atoms with Gasteiger partial charge in [0, 0.05) is 30.9 Å². The van der Waals surface area contributed by atoms with E-state index in [0.717, 1.165) is 10.6 Å². The van der Waals surface area contributed by atoms with Crippen molar-refractivity contribution in [2.75, 3.05) is 23.7 Å². The molecule has 1 aromatic carbocycles. The Morgan fingerprint density at radius 1 is 1.30 bits per heavy atom. The molecular weight excluding hydrogens is 294 g/mol. The first kappa shape index (κ1) is 14.8. The molecule has 0 aliphatic heterocycles. The minimum Gasteiger partial charge on any atom is -0.376 e. The Morgan fingerprint density at radius 2 is 2.00 bits per heavy atom. The molecule has 0 aliphatic rings. The molecular formula is C13H17N3O2S2. The van der Waals surface area contributed by atoms with Gasteiger partial charge in [-0.15, -0.1) is 11.3 Å². The van der Waals surface area contributed by atoms with Crippen molar-refractivity contribution in [3.05, 3.63) is 40.6 Å². The predicted octanol–water partition coefficient (Wildman–Crippen LogP) is 2.07. The van der Waals surface area contributed by atoms with Gasteiger partial charge in [-0.2, -0.15) is 0 Å². The summed E-state index contributed by atoms with van der Waals surface area (Å²) in [6.07, 6.45) is 0. The number of nitrogens with one attached hydrogen (secondary N) is 1. The Kier molecular flexibility index (Phi) is 4.32. The van der Waals surface area contributed by atoms with Crippen LogP contribution in [0.4, 0.5) is 11.4 Å². The number of sulfonamides is 1. The van der Waals surface area contributed by atoms with Gasteiger partial charge < -0.3 is 10.6 Å². The first-order valence-electron chi connectivity index (χ1n) is 6.00. The lowest BCUT2D eigenvalue weighted by atomic mass is 10.2. The van der Waals surface area contributed by atoms with Gasteiger partial charge in [-0.05, 0) is 18.2 Å². The van der Waals surface area contributed by atoms with Crippen molar-refractivity contribution in [3.8, 4) is 0 Å². The zero-order valence-electron chi connectivity index (χ0n) is 11.3. The van der Waals surface area contributed by atoms with Crippen molar-refractivity contribution in [1.82, 2.24) is 0 Å². The molecule has 2 aromatic rings. The highest BCUT2D eigenvalue weighted by molar-refractivity contribution is 7.92. The lowest BCUT2D eigenvalue weighted by Gasteiger charge is -2.18. The maximum absolute atomic E-state index is 12.3. The summed E-state index contributed by atoms with van der Waals surface area (Å²) in [5.41, 5.74) is 6.88. The van der Waals surface area contributed by atoms with Crippen molar-refractivity contribution in [2.24, 2.45) is 5.73 Å². The van der Waals surface area contributed by atoms with Gasteiger partial charge in [0.15, 0.2) is 0 Å². The molecule has 2 rings (SSSR count). The molecule has 0 spiro atoms. The van der Waals surface area contributed by atoms with Crippen molar-refractivity contribution in [1.29, 1.82) is 0 Å². The minimum absolute atomic E-state index is 0.247. The van der Waals surface area contributed by atoms with Crippen LogP contribution in [0.3, 0.4) is 0 Å². The SMILES string of the molecule is CN(C)c1ccccc1NS(=O)(=O)c1csc(CN)c1. The molecule has 0 saturated carbocycles. The second-order valence-corrected chi connectivity index (χ2v) is 7.15. The number of anilines is 2. The normalized spacial score (nSPS) is 11.3. The first-order chi connectivity index (χ1) is 9.44. The van der Waals surface area contributed by atoms with E-state index in [2.05, 4.69) is 4.72 Å². The lowest BCUT2D eigenvalue weighted by molar-refractivity contribution is 0.601. The minimum atomic E-state index is -3.58. The van der Waals surface area contributed by atoms with Gasteiger partial charge >= 0.3 is 0 Å². The molecule has 0 unspecified atom stereocenters. The van der Waals surface area contributed by atoms with Gasteiger partial charge in [0.25, 0.3) is 10.0 Å². The number of rotatable bonds is 5. The fraction of sp³-hybridized carbons (Fsp3) is 0.231. The highest BCUT2D eigenvalue weighted by Gasteiger charge is 2.18. The fourth-order valence-electron chi connectivity index (χ4n) is 1.76. The molecule has 1 aromatic heterocycles. The van der Waals surface area contributed by atoms with Gasteiger partial charge in [0.1, 0.15) is 0 Å². The van der Waals surface area contributed by atoms with E-state index in [0.29, 0.717) is 12.2 Å². The molecule has 0 aliphatic carbocycles. The number of para-hydroxylation sites is 2. The molecule has 0 bridgehead atoms. The topological polar surface area (TPSA) is 75.4 Å². The summed E-state index contributed by atoms with van der Waals surface area (Å²) in [6, 6.07) is 8.86. The molecule has 0 saturated heterocycles. The zero-order valence-corrected chi connectivity index (χ0v) is 13.0. The molecule has 1 heterocycles. The van der Waals surface area contributed by atoms with Crippen LogP contribution in [0.25, 0.3) is 0 Å². The number of benzene rings is 1. The quantitative estimate of drug-likeness (QED) is 0.886. The van der Waals surface area contributed by atoms with E-state index in [4.69, 9.17) is 5.73 Å². The van der Waals surface area contributed by atoms with Gasteiger partial charge in [-0.1, -0.05) is 12.1 Å². The molecule has 0 radical (unpaired) electrons. The van der Waals surface area contributed by atoms with E-state index < -0.39 is 10.0 Å².